The molecule has 0 amide bonds. The molecule has 3 N–H and O–H groups in total. The number of nitrogens with one attached hydrogen (secondary N) is 1. The molecule has 4 nitrogen and oxygen atoms in total. The smallest absolute Gasteiger partial charge is 0.142 e. The summed E-state index contributed by atoms with van der Waals surface area (Å²) in [4.78, 5) is 0. The highest BCUT2D eigenvalue weighted by molar-refractivity contribution is 5.70. The van der Waals surface area contributed by atoms with E-state index in [0.29, 0.717) is 5.69 Å². The van der Waals surface area contributed by atoms with Crippen molar-refractivity contribution in [2.75, 3.05) is 18.2 Å². The molecule has 0 radical (unpaired) electrons. The summed E-state index contributed by atoms with van der Waals surface area (Å²) >= 11 is 0. The highest BCUT2D eigenvalue weighted by Crippen LogP contribution is 2.31. The second-order valence-corrected chi connectivity index (χ2v) is 5.29. The first kappa shape index (κ1) is 15.0. The molecule has 0 aliphatic rings. The van der Waals surface area contributed by atoms with E-state index in [-0.39, 0.29) is 6.10 Å². The van der Waals surface area contributed by atoms with Gasteiger partial charge in [0.25, 0.3) is 0 Å². The summed E-state index contributed by atoms with van der Waals surface area (Å²) in [7, 11) is 1.66. The Hall–Kier alpha value is -2.36. The molecule has 112 valence electrons. The Balaban J connectivity index is 2.31. The van der Waals surface area contributed by atoms with Crippen molar-refractivity contribution in [3.8, 4) is 11.5 Å². The molecule has 0 saturated heterocycles. The van der Waals surface area contributed by atoms with Crippen LogP contribution in [0.15, 0.2) is 36.4 Å². The first-order valence-corrected chi connectivity index (χ1v) is 6.97. The van der Waals surface area contributed by atoms with Gasteiger partial charge in [-0.05, 0) is 44.5 Å². The Labute approximate surface area is 125 Å². The highest BCUT2D eigenvalue weighted by atomic mass is 16.5. The first-order valence-electron chi connectivity index (χ1n) is 6.97. The van der Waals surface area contributed by atoms with Crippen LogP contribution in [0, 0.1) is 6.92 Å². The number of nitrogens with two attached hydrogens (primary N) is 1. The van der Waals surface area contributed by atoms with Crippen LogP contribution in [-0.2, 0) is 0 Å². The number of anilines is 3. The van der Waals surface area contributed by atoms with Gasteiger partial charge in [-0.1, -0.05) is 6.07 Å². The number of aryl methyl sites for hydroxylation is 1. The number of hydrogen-bond acceptors (Lipinski definition) is 4. The average Bonchev–Trinajstić information content (AvgIpc) is 2.37. The molecule has 2 aromatic carbocycles. The summed E-state index contributed by atoms with van der Waals surface area (Å²) in [5.74, 6) is 1.54. The van der Waals surface area contributed by atoms with Crippen LogP contribution < -0.4 is 20.5 Å². The third-order valence-electron chi connectivity index (χ3n) is 2.93. The molecule has 0 saturated carbocycles. The van der Waals surface area contributed by atoms with Crippen LogP contribution in [0.25, 0.3) is 0 Å². The predicted molar refractivity (Wildman–Crippen MR) is 87.6 cm³/mol. The van der Waals surface area contributed by atoms with Crippen molar-refractivity contribution >= 4 is 17.1 Å². The van der Waals surface area contributed by atoms with Gasteiger partial charge in [-0.2, -0.15) is 0 Å². The lowest BCUT2D eigenvalue weighted by Gasteiger charge is -2.15. The van der Waals surface area contributed by atoms with Crippen molar-refractivity contribution in [2.45, 2.75) is 26.9 Å². The van der Waals surface area contributed by atoms with E-state index in [4.69, 9.17) is 15.2 Å². The van der Waals surface area contributed by atoms with Gasteiger partial charge in [0, 0.05) is 23.5 Å². The number of benzene rings is 2. The zero-order chi connectivity index (χ0) is 15.4. The van der Waals surface area contributed by atoms with Crippen LogP contribution in [0.1, 0.15) is 19.4 Å². The van der Waals surface area contributed by atoms with E-state index >= 15 is 0 Å². The number of ether oxygens (including phenoxy) is 2. The normalized spacial score (nSPS) is 10.5. The number of methoxy groups -OCH3 is 1. The fourth-order valence-electron chi connectivity index (χ4n) is 2.11. The van der Waals surface area contributed by atoms with Crippen molar-refractivity contribution < 1.29 is 9.47 Å². The standard InChI is InChI=1S/C17H22N2O2/c1-11(2)21-15-9-13(18)8-14(10-15)19-16-7-12(3)5-6-17(16)20-4/h5-11,19H,18H2,1-4H3. The molecule has 0 aromatic heterocycles. The lowest BCUT2D eigenvalue weighted by atomic mass is 10.2. The van der Waals surface area contributed by atoms with Crippen molar-refractivity contribution in [1.82, 2.24) is 0 Å². The molecule has 2 aromatic rings. The second kappa shape index (κ2) is 6.39. The van der Waals surface area contributed by atoms with Gasteiger partial charge in [-0.3, -0.25) is 0 Å². The summed E-state index contributed by atoms with van der Waals surface area (Å²) in [6, 6.07) is 11.6. The predicted octanol–water partition coefficient (Wildman–Crippen LogP) is 4.12. The summed E-state index contributed by atoms with van der Waals surface area (Å²) in [6.07, 6.45) is 0.105. The molecule has 0 aliphatic carbocycles. The maximum Gasteiger partial charge on any atom is 0.142 e. The van der Waals surface area contributed by atoms with Crippen molar-refractivity contribution in [3.63, 3.8) is 0 Å². The van der Waals surface area contributed by atoms with Gasteiger partial charge in [0.15, 0.2) is 0 Å². The maximum atomic E-state index is 5.94. The van der Waals surface area contributed by atoms with Gasteiger partial charge in [0.05, 0.1) is 18.9 Å². The molecule has 0 heterocycles. The zero-order valence-electron chi connectivity index (χ0n) is 12.9. The Bertz CT molecular complexity index is 624. The minimum absolute atomic E-state index is 0.105. The van der Waals surface area contributed by atoms with Crippen LogP contribution in [0.2, 0.25) is 0 Å². The summed E-state index contributed by atoms with van der Waals surface area (Å²) in [5, 5.41) is 3.33. The van der Waals surface area contributed by atoms with Gasteiger partial charge in [0.2, 0.25) is 0 Å². The van der Waals surface area contributed by atoms with Crippen molar-refractivity contribution in [1.29, 1.82) is 0 Å². The van der Waals surface area contributed by atoms with Gasteiger partial charge in [0.1, 0.15) is 11.5 Å². The molecular weight excluding hydrogens is 264 g/mol. The molecule has 4 heteroatoms. The van der Waals surface area contributed by atoms with E-state index in [1.807, 2.05) is 57.2 Å². The lowest BCUT2D eigenvalue weighted by Crippen LogP contribution is -2.06. The lowest BCUT2D eigenvalue weighted by molar-refractivity contribution is 0.242. The molecule has 0 bridgehead atoms. The fourth-order valence-corrected chi connectivity index (χ4v) is 2.11. The Morgan fingerprint density at radius 1 is 1.10 bits per heavy atom. The van der Waals surface area contributed by atoms with Crippen molar-refractivity contribution in [2.24, 2.45) is 0 Å². The molecule has 21 heavy (non-hydrogen) atoms. The number of nitrogen functional groups attached to an aromatic ring is 1. The van der Waals surface area contributed by atoms with E-state index in [0.717, 1.165) is 28.4 Å². The summed E-state index contributed by atoms with van der Waals surface area (Å²) in [6.45, 7) is 6.01. The molecule has 0 fully saturated rings. The van der Waals surface area contributed by atoms with E-state index in [9.17, 15) is 0 Å². The van der Waals surface area contributed by atoms with Crippen LogP contribution in [0.5, 0.6) is 11.5 Å². The van der Waals surface area contributed by atoms with Crippen molar-refractivity contribution in [3.05, 3.63) is 42.0 Å². The van der Waals surface area contributed by atoms with Crippen LogP contribution in [-0.4, -0.2) is 13.2 Å². The van der Waals surface area contributed by atoms with Crippen LogP contribution >= 0.6 is 0 Å². The number of hydrogen-bond donors (Lipinski definition) is 2. The Morgan fingerprint density at radius 3 is 2.52 bits per heavy atom. The molecule has 0 aliphatic heterocycles. The highest BCUT2D eigenvalue weighted by Gasteiger charge is 2.06. The van der Waals surface area contributed by atoms with E-state index in [1.54, 1.807) is 7.11 Å². The van der Waals surface area contributed by atoms with E-state index in [2.05, 4.69) is 5.32 Å². The third-order valence-corrected chi connectivity index (χ3v) is 2.93. The second-order valence-electron chi connectivity index (χ2n) is 5.29. The first-order chi connectivity index (χ1) is 9.97. The fraction of sp³-hybridized carbons (Fsp3) is 0.294. The maximum absolute atomic E-state index is 5.94. The molecule has 0 atom stereocenters. The topological polar surface area (TPSA) is 56.5 Å². The molecule has 2 rings (SSSR count). The van der Waals surface area contributed by atoms with Gasteiger partial charge >= 0.3 is 0 Å². The monoisotopic (exact) mass is 286 g/mol. The molecule has 0 unspecified atom stereocenters. The largest absolute Gasteiger partial charge is 0.495 e. The molecular formula is C17H22N2O2. The van der Waals surface area contributed by atoms with Gasteiger partial charge in [-0.15, -0.1) is 0 Å². The van der Waals surface area contributed by atoms with E-state index < -0.39 is 0 Å². The van der Waals surface area contributed by atoms with Crippen LogP contribution in [0.4, 0.5) is 17.1 Å². The van der Waals surface area contributed by atoms with Crippen LogP contribution in [0.3, 0.4) is 0 Å². The Kier molecular flexibility index (Phi) is 4.58. The minimum Gasteiger partial charge on any atom is -0.495 e. The molecule has 0 spiro atoms. The number of rotatable bonds is 5. The van der Waals surface area contributed by atoms with E-state index in [1.165, 1.54) is 0 Å². The quantitative estimate of drug-likeness (QED) is 0.812. The van der Waals surface area contributed by atoms with Gasteiger partial charge < -0.3 is 20.5 Å². The average molecular weight is 286 g/mol. The van der Waals surface area contributed by atoms with Gasteiger partial charge in [-0.25, -0.2) is 0 Å². The zero-order valence-corrected chi connectivity index (χ0v) is 12.9. The minimum atomic E-state index is 0.105. The summed E-state index contributed by atoms with van der Waals surface area (Å²) < 4.78 is 11.1. The third kappa shape index (κ3) is 4.05. The Morgan fingerprint density at radius 2 is 1.86 bits per heavy atom. The SMILES string of the molecule is COc1ccc(C)cc1Nc1cc(N)cc(OC(C)C)c1. The summed E-state index contributed by atoms with van der Waals surface area (Å²) in [5.41, 5.74) is 9.52.